The zero-order chi connectivity index (χ0) is 13.7. The molecule has 19 heavy (non-hydrogen) atoms. The van der Waals surface area contributed by atoms with Gasteiger partial charge in [0.05, 0.1) is 0 Å². The monoisotopic (exact) mass is 262 g/mol. The summed E-state index contributed by atoms with van der Waals surface area (Å²) in [5.41, 5.74) is 7.28. The molecule has 5 heteroatoms. The van der Waals surface area contributed by atoms with Gasteiger partial charge >= 0.3 is 0 Å². The van der Waals surface area contributed by atoms with Crippen molar-refractivity contribution in [2.45, 2.75) is 32.7 Å². The highest BCUT2D eigenvalue weighted by atomic mass is 16.4. The Balaban J connectivity index is 2.10. The molecule has 1 unspecified atom stereocenters. The van der Waals surface area contributed by atoms with Gasteiger partial charge in [0.2, 0.25) is 0 Å². The van der Waals surface area contributed by atoms with Gasteiger partial charge in [-0.25, -0.2) is 0 Å². The summed E-state index contributed by atoms with van der Waals surface area (Å²) in [5.74, 6) is 0.890. The van der Waals surface area contributed by atoms with Crippen molar-refractivity contribution < 1.29 is 5.21 Å². The maximum absolute atomic E-state index is 8.81. The lowest BCUT2D eigenvalue weighted by Crippen LogP contribution is -2.27. The van der Waals surface area contributed by atoms with Crippen molar-refractivity contribution in [3.05, 3.63) is 29.6 Å². The van der Waals surface area contributed by atoms with Crippen molar-refractivity contribution in [1.29, 1.82) is 0 Å². The number of hydrogen-bond donors (Lipinski definition) is 2. The van der Waals surface area contributed by atoms with E-state index in [2.05, 4.69) is 22.0 Å². The van der Waals surface area contributed by atoms with Gasteiger partial charge in [0, 0.05) is 12.7 Å². The first-order valence-electron chi connectivity index (χ1n) is 6.85. The summed E-state index contributed by atoms with van der Waals surface area (Å²) < 4.78 is 0. The van der Waals surface area contributed by atoms with E-state index in [1.165, 1.54) is 19.3 Å². The molecule has 0 radical (unpaired) electrons. The Kier molecular flexibility index (Phi) is 4.74. The fourth-order valence-corrected chi connectivity index (χ4v) is 2.57. The molecule has 1 aliphatic heterocycles. The molecule has 0 aromatic carbocycles. The van der Waals surface area contributed by atoms with Gasteiger partial charge < -0.3 is 10.9 Å². The number of hydrogen-bond acceptors (Lipinski definition) is 4. The largest absolute Gasteiger partial charge is 0.409 e. The number of rotatable bonds is 3. The number of nitrogens with two attached hydrogens (primary N) is 1. The summed E-state index contributed by atoms with van der Waals surface area (Å²) in [6.45, 7) is 5.34. The van der Waals surface area contributed by atoms with E-state index in [9.17, 15) is 0 Å². The average Bonchev–Trinajstić information content (AvgIpc) is 2.63. The number of nitrogens with zero attached hydrogens (tertiary/aromatic N) is 3. The van der Waals surface area contributed by atoms with Gasteiger partial charge in [-0.15, -0.1) is 0 Å². The van der Waals surface area contributed by atoms with E-state index in [4.69, 9.17) is 10.9 Å². The minimum Gasteiger partial charge on any atom is -0.409 e. The first kappa shape index (κ1) is 13.8. The van der Waals surface area contributed by atoms with Crippen LogP contribution in [0.4, 0.5) is 0 Å². The smallest absolute Gasteiger partial charge is 0.189 e. The lowest BCUT2D eigenvalue weighted by molar-refractivity contribution is 0.273. The molecule has 3 N–H and O–H groups in total. The maximum atomic E-state index is 8.81. The number of aromatic nitrogens is 1. The second-order valence-corrected chi connectivity index (χ2v) is 5.31. The van der Waals surface area contributed by atoms with Gasteiger partial charge in [-0.05, 0) is 49.9 Å². The van der Waals surface area contributed by atoms with Crippen LogP contribution >= 0.6 is 0 Å². The number of likely N-dealkylation sites (tertiary alicyclic amines) is 1. The molecular formula is C14H22N4O. The van der Waals surface area contributed by atoms with Gasteiger partial charge in [0.1, 0.15) is 5.69 Å². The van der Waals surface area contributed by atoms with E-state index in [-0.39, 0.29) is 5.84 Å². The van der Waals surface area contributed by atoms with Crippen LogP contribution in [-0.4, -0.2) is 34.0 Å². The topological polar surface area (TPSA) is 74.7 Å². The fraction of sp³-hybridized carbons (Fsp3) is 0.571. The zero-order valence-electron chi connectivity index (χ0n) is 11.4. The van der Waals surface area contributed by atoms with Crippen LogP contribution in [0.3, 0.4) is 0 Å². The molecule has 1 aromatic rings. The minimum atomic E-state index is 0.0822. The molecule has 1 atom stereocenters. The van der Waals surface area contributed by atoms with Crippen molar-refractivity contribution in [2.75, 3.05) is 13.1 Å². The summed E-state index contributed by atoms with van der Waals surface area (Å²) in [4.78, 5) is 6.64. The molecule has 0 amide bonds. The number of pyridine rings is 1. The third-order valence-corrected chi connectivity index (χ3v) is 3.74. The van der Waals surface area contributed by atoms with Crippen LogP contribution < -0.4 is 5.73 Å². The van der Waals surface area contributed by atoms with E-state index in [1.807, 2.05) is 12.1 Å². The van der Waals surface area contributed by atoms with Crippen LogP contribution in [-0.2, 0) is 6.54 Å². The molecular weight excluding hydrogens is 240 g/mol. The Hall–Kier alpha value is -1.62. The quantitative estimate of drug-likeness (QED) is 0.377. The molecule has 1 fully saturated rings. The molecule has 104 valence electrons. The van der Waals surface area contributed by atoms with Crippen molar-refractivity contribution in [1.82, 2.24) is 9.88 Å². The van der Waals surface area contributed by atoms with Gasteiger partial charge in [-0.1, -0.05) is 18.1 Å². The predicted molar refractivity (Wildman–Crippen MR) is 75.0 cm³/mol. The van der Waals surface area contributed by atoms with E-state index in [0.29, 0.717) is 5.69 Å². The van der Waals surface area contributed by atoms with Crippen LogP contribution in [0.2, 0.25) is 0 Å². The Bertz CT molecular complexity index is 447. The zero-order valence-corrected chi connectivity index (χ0v) is 11.4. The van der Waals surface area contributed by atoms with Gasteiger partial charge in [0.25, 0.3) is 0 Å². The summed E-state index contributed by atoms with van der Waals surface area (Å²) in [5, 5.41) is 11.9. The second kappa shape index (κ2) is 6.52. The third kappa shape index (κ3) is 3.67. The van der Waals surface area contributed by atoms with Crippen LogP contribution in [0, 0.1) is 5.92 Å². The molecule has 0 aliphatic carbocycles. The molecule has 5 nitrogen and oxygen atoms in total. The van der Waals surface area contributed by atoms with E-state index in [0.717, 1.165) is 31.1 Å². The van der Waals surface area contributed by atoms with Crippen LogP contribution in [0.5, 0.6) is 0 Å². The van der Waals surface area contributed by atoms with Crippen molar-refractivity contribution in [3.8, 4) is 0 Å². The highest BCUT2D eigenvalue weighted by molar-refractivity contribution is 5.96. The van der Waals surface area contributed by atoms with Crippen molar-refractivity contribution in [3.63, 3.8) is 0 Å². The average molecular weight is 262 g/mol. The predicted octanol–water partition coefficient (Wildman–Crippen LogP) is 1.80. The van der Waals surface area contributed by atoms with Crippen LogP contribution in [0.15, 0.2) is 23.5 Å². The Morgan fingerprint density at radius 1 is 1.53 bits per heavy atom. The number of oxime groups is 1. The molecule has 0 saturated carbocycles. The molecule has 1 aromatic heterocycles. The molecule has 2 rings (SSSR count). The minimum absolute atomic E-state index is 0.0822. The van der Waals surface area contributed by atoms with Crippen LogP contribution in [0.1, 0.15) is 37.4 Å². The number of amidine groups is 1. The lowest BCUT2D eigenvalue weighted by atomic mass is 10.0. The molecule has 2 heterocycles. The van der Waals surface area contributed by atoms with Crippen molar-refractivity contribution >= 4 is 5.84 Å². The summed E-state index contributed by atoms with van der Waals surface area (Å²) >= 11 is 0. The van der Waals surface area contributed by atoms with Gasteiger partial charge in [0.15, 0.2) is 5.84 Å². The normalized spacial score (nSPS) is 22.2. The summed E-state index contributed by atoms with van der Waals surface area (Å²) in [6, 6.07) is 3.89. The third-order valence-electron chi connectivity index (χ3n) is 3.74. The van der Waals surface area contributed by atoms with Crippen molar-refractivity contribution in [2.24, 2.45) is 16.8 Å². The Morgan fingerprint density at radius 3 is 3.16 bits per heavy atom. The first-order valence-corrected chi connectivity index (χ1v) is 6.85. The van der Waals surface area contributed by atoms with E-state index in [1.54, 1.807) is 6.20 Å². The summed E-state index contributed by atoms with van der Waals surface area (Å²) in [6.07, 6.45) is 5.44. The molecule has 1 aliphatic rings. The van der Waals surface area contributed by atoms with Gasteiger partial charge in [-0.2, -0.15) is 0 Å². The molecule has 1 saturated heterocycles. The second-order valence-electron chi connectivity index (χ2n) is 5.31. The highest BCUT2D eigenvalue weighted by Gasteiger charge is 2.16. The lowest BCUT2D eigenvalue weighted by Gasteiger charge is -2.21. The highest BCUT2D eigenvalue weighted by Crippen LogP contribution is 2.18. The standard InChI is InChI=1S/C14H22N4O/c1-11-4-3-8-18(9-6-11)10-12-5-2-7-16-13(12)14(15)17-19/h2,5,7,11,19H,3-4,6,8-10H2,1H3,(H2,15,17). The molecule has 0 spiro atoms. The summed E-state index contributed by atoms with van der Waals surface area (Å²) in [7, 11) is 0. The maximum Gasteiger partial charge on any atom is 0.189 e. The Labute approximate surface area is 114 Å². The van der Waals surface area contributed by atoms with Crippen LogP contribution in [0.25, 0.3) is 0 Å². The first-order chi connectivity index (χ1) is 9.20. The Morgan fingerprint density at radius 2 is 2.37 bits per heavy atom. The fourth-order valence-electron chi connectivity index (χ4n) is 2.57. The van der Waals surface area contributed by atoms with Gasteiger partial charge in [-0.3, -0.25) is 9.88 Å². The van der Waals surface area contributed by atoms with E-state index >= 15 is 0 Å². The van der Waals surface area contributed by atoms with E-state index < -0.39 is 0 Å². The SMILES string of the molecule is CC1CCCN(Cc2cccnc2C(N)=NO)CC1. The molecule has 0 bridgehead atoms.